The minimum Gasteiger partial charge on any atom is -0.423 e. The van der Waals surface area contributed by atoms with E-state index in [4.69, 9.17) is 9.47 Å². The Morgan fingerprint density at radius 3 is 1.07 bits per heavy atom. The molecule has 0 fully saturated rings. The van der Waals surface area contributed by atoms with Gasteiger partial charge in [0.2, 0.25) is 0 Å². The normalized spacial score (nSPS) is 10.9. The lowest BCUT2D eigenvalue weighted by Gasteiger charge is -2.26. The molecule has 0 aromatic heterocycles. The molecule has 5 heteroatoms. The van der Waals surface area contributed by atoms with Crippen molar-refractivity contribution in [1.82, 2.24) is 0 Å². The van der Waals surface area contributed by atoms with E-state index < -0.39 is 11.9 Å². The first-order valence-corrected chi connectivity index (χ1v) is 14.7. The first-order valence-electron chi connectivity index (χ1n) is 14.7. The summed E-state index contributed by atoms with van der Waals surface area (Å²) in [7, 11) is 0. The third kappa shape index (κ3) is 8.46. The summed E-state index contributed by atoms with van der Waals surface area (Å²) in [5.41, 5.74) is 8.43. The Bertz CT molecular complexity index is 1750. The molecule has 0 N–H and O–H groups in total. The number of nitrogens with zero attached hydrogens (tertiary/aromatic N) is 1. The van der Waals surface area contributed by atoms with E-state index in [0.29, 0.717) is 11.5 Å². The highest BCUT2D eigenvalue weighted by molar-refractivity contribution is 5.84. The van der Waals surface area contributed by atoms with Crippen LogP contribution in [-0.4, -0.2) is 11.9 Å². The molecule has 5 aromatic rings. The number of carbonyl (C=O) groups excluding carboxylic acids is 2. The maximum absolute atomic E-state index is 11.4. The molecule has 0 saturated carbocycles. The number of hydrogen-bond donors (Lipinski definition) is 0. The number of rotatable bonds is 11. The van der Waals surface area contributed by atoms with Crippen LogP contribution in [-0.2, 0) is 9.59 Å². The van der Waals surface area contributed by atoms with Crippen LogP contribution in [0.3, 0.4) is 0 Å². The molecule has 0 aliphatic heterocycles. The lowest BCUT2D eigenvalue weighted by molar-refractivity contribution is -0.129. The molecule has 226 valence electrons. The van der Waals surface area contributed by atoms with Gasteiger partial charge >= 0.3 is 11.9 Å². The van der Waals surface area contributed by atoms with E-state index in [1.54, 1.807) is 24.3 Å². The second-order valence-electron chi connectivity index (χ2n) is 10.4. The third-order valence-electron chi connectivity index (χ3n) is 7.06. The zero-order chi connectivity index (χ0) is 32.3. The number of carbonyl (C=O) groups is 2. The molecule has 0 radical (unpaired) electrons. The number of ether oxygens (including phenoxy) is 2. The molecular formula is C41H33NO4. The summed E-state index contributed by atoms with van der Waals surface area (Å²) in [4.78, 5) is 25.0. The fourth-order valence-electron chi connectivity index (χ4n) is 4.60. The minimum absolute atomic E-state index is 0.478. The van der Waals surface area contributed by atoms with Crippen LogP contribution in [0.4, 0.5) is 17.1 Å². The summed E-state index contributed by atoms with van der Waals surface area (Å²) in [5.74, 6) is -0.00600. The zero-order valence-electron chi connectivity index (χ0n) is 25.5. The van der Waals surface area contributed by atoms with Crippen molar-refractivity contribution in [3.8, 4) is 11.5 Å². The molecule has 0 amide bonds. The van der Waals surface area contributed by atoms with Crippen LogP contribution in [0.15, 0.2) is 147 Å². The van der Waals surface area contributed by atoms with Crippen LogP contribution in [0.1, 0.15) is 27.8 Å². The molecule has 0 aliphatic carbocycles. The lowest BCUT2D eigenvalue weighted by Crippen LogP contribution is -2.09. The number of anilines is 3. The molecule has 0 unspecified atom stereocenters. The summed E-state index contributed by atoms with van der Waals surface area (Å²) in [6, 6.07) is 39.9. The molecular weight excluding hydrogens is 570 g/mol. The zero-order valence-corrected chi connectivity index (χ0v) is 25.5. The maximum Gasteiger partial charge on any atom is 0.335 e. The van der Waals surface area contributed by atoms with Gasteiger partial charge in [0.15, 0.2) is 0 Å². The standard InChI is InChI=1S/C41H33NO4/c1-4-40(43)45-38-26-16-33(17-27-38)10-8-31-12-22-36(23-13-31)42(35-20-6-30(3)7-21-35)37-24-14-32(15-25-37)9-11-34-18-28-39(29-19-34)46-41(44)5-2/h4-29H,1-2H2,3H3. The van der Waals surface area contributed by atoms with Crippen molar-refractivity contribution in [2.24, 2.45) is 0 Å². The average Bonchev–Trinajstić information content (AvgIpc) is 3.09. The fourth-order valence-corrected chi connectivity index (χ4v) is 4.60. The molecule has 0 spiro atoms. The van der Waals surface area contributed by atoms with Gasteiger partial charge in [0.1, 0.15) is 11.5 Å². The first kappa shape index (κ1) is 31.2. The first-order chi connectivity index (χ1) is 22.4. The van der Waals surface area contributed by atoms with Crippen LogP contribution in [0.5, 0.6) is 11.5 Å². The summed E-state index contributed by atoms with van der Waals surface area (Å²) >= 11 is 0. The Hall–Kier alpha value is -6.20. The predicted molar refractivity (Wildman–Crippen MR) is 188 cm³/mol. The maximum atomic E-state index is 11.4. The van der Waals surface area contributed by atoms with E-state index in [2.05, 4.69) is 97.8 Å². The van der Waals surface area contributed by atoms with Crippen molar-refractivity contribution < 1.29 is 19.1 Å². The van der Waals surface area contributed by atoms with Crippen molar-refractivity contribution in [3.63, 3.8) is 0 Å². The van der Waals surface area contributed by atoms with Gasteiger partial charge in [0, 0.05) is 29.2 Å². The highest BCUT2D eigenvalue weighted by atomic mass is 16.5. The van der Waals surface area contributed by atoms with Gasteiger partial charge in [0.25, 0.3) is 0 Å². The third-order valence-corrected chi connectivity index (χ3v) is 7.06. The van der Waals surface area contributed by atoms with Crippen molar-refractivity contribution in [1.29, 1.82) is 0 Å². The quantitative estimate of drug-likeness (QED) is 0.0651. The summed E-state index contributed by atoms with van der Waals surface area (Å²) in [6.45, 7) is 8.92. The molecule has 0 bridgehead atoms. The second kappa shape index (κ2) is 15.0. The summed E-state index contributed by atoms with van der Waals surface area (Å²) < 4.78 is 10.3. The van der Waals surface area contributed by atoms with Crippen LogP contribution >= 0.6 is 0 Å². The van der Waals surface area contributed by atoms with Crippen LogP contribution < -0.4 is 14.4 Å². The summed E-state index contributed by atoms with van der Waals surface area (Å²) in [5, 5.41) is 0. The van der Waals surface area contributed by atoms with Gasteiger partial charge in [-0.2, -0.15) is 0 Å². The topological polar surface area (TPSA) is 55.8 Å². The van der Waals surface area contributed by atoms with Gasteiger partial charge < -0.3 is 14.4 Å². The van der Waals surface area contributed by atoms with E-state index in [9.17, 15) is 9.59 Å². The molecule has 0 heterocycles. The second-order valence-corrected chi connectivity index (χ2v) is 10.4. The van der Waals surface area contributed by atoms with Crippen LogP contribution in [0.2, 0.25) is 0 Å². The fraction of sp³-hybridized carbons (Fsp3) is 0.0244. The van der Waals surface area contributed by atoms with Gasteiger partial charge in [-0.1, -0.05) is 104 Å². The molecule has 0 aliphatic rings. The SMILES string of the molecule is C=CC(=O)Oc1ccc(C=Cc2ccc(N(c3ccc(C)cc3)c3ccc(C=Cc4ccc(OC(=O)C=C)cc4)cc3)cc2)cc1. The largest absolute Gasteiger partial charge is 0.423 e. The molecule has 5 rings (SSSR count). The Balaban J connectivity index is 1.32. The van der Waals surface area contributed by atoms with Crippen LogP contribution in [0.25, 0.3) is 24.3 Å². The van der Waals surface area contributed by atoms with Crippen molar-refractivity contribution in [2.75, 3.05) is 4.90 Å². The average molecular weight is 604 g/mol. The minimum atomic E-state index is -0.481. The Morgan fingerprint density at radius 1 is 0.478 bits per heavy atom. The van der Waals surface area contributed by atoms with Crippen molar-refractivity contribution in [2.45, 2.75) is 6.92 Å². The molecule has 0 atom stereocenters. The van der Waals surface area contributed by atoms with Gasteiger partial charge in [0.05, 0.1) is 0 Å². The lowest BCUT2D eigenvalue weighted by atomic mass is 10.1. The Kier molecular flexibility index (Phi) is 10.2. The van der Waals surface area contributed by atoms with Crippen molar-refractivity contribution in [3.05, 3.63) is 174 Å². The summed E-state index contributed by atoms with van der Waals surface area (Å²) in [6.07, 6.45) is 10.4. The smallest absolute Gasteiger partial charge is 0.335 e. The molecule has 46 heavy (non-hydrogen) atoms. The predicted octanol–water partition coefficient (Wildman–Crippen LogP) is 9.99. The Morgan fingerprint density at radius 2 is 0.761 bits per heavy atom. The number of hydrogen-bond acceptors (Lipinski definition) is 5. The van der Waals surface area contributed by atoms with E-state index in [-0.39, 0.29) is 0 Å². The highest BCUT2D eigenvalue weighted by Gasteiger charge is 2.12. The van der Waals surface area contributed by atoms with E-state index in [1.165, 1.54) is 5.56 Å². The molecule has 0 saturated heterocycles. The van der Waals surface area contributed by atoms with E-state index in [1.807, 2.05) is 48.6 Å². The van der Waals surface area contributed by atoms with Gasteiger partial charge in [-0.05, 0) is 89.8 Å². The number of aryl methyl sites for hydroxylation is 1. The van der Waals surface area contributed by atoms with E-state index >= 15 is 0 Å². The van der Waals surface area contributed by atoms with Crippen molar-refractivity contribution >= 4 is 53.3 Å². The highest BCUT2D eigenvalue weighted by Crippen LogP contribution is 2.35. The number of esters is 2. The molecule has 5 nitrogen and oxygen atoms in total. The number of benzene rings is 5. The van der Waals surface area contributed by atoms with E-state index in [0.717, 1.165) is 51.5 Å². The van der Waals surface area contributed by atoms with Gasteiger partial charge in [-0.25, -0.2) is 9.59 Å². The van der Waals surface area contributed by atoms with Gasteiger partial charge in [-0.15, -0.1) is 0 Å². The monoisotopic (exact) mass is 603 g/mol. The van der Waals surface area contributed by atoms with Crippen LogP contribution in [0, 0.1) is 6.92 Å². The Labute approximate surface area is 269 Å². The van der Waals surface area contributed by atoms with Gasteiger partial charge in [-0.3, -0.25) is 0 Å². The molecule has 5 aromatic carbocycles.